The highest BCUT2D eigenvalue weighted by Crippen LogP contribution is 2.34. The predicted molar refractivity (Wildman–Crippen MR) is 106 cm³/mol. The molecular weight excluding hydrogens is 340 g/mol. The van der Waals surface area contributed by atoms with Crippen molar-refractivity contribution in [1.29, 1.82) is 0 Å². The van der Waals surface area contributed by atoms with Crippen LogP contribution in [-0.2, 0) is 14.3 Å². The van der Waals surface area contributed by atoms with Crippen molar-refractivity contribution < 1.29 is 14.3 Å². The zero-order valence-electron chi connectivity index (χ0n) is 16.7. The number of benzene rings is 1. The van der Waals surface area contributed by atoms with Crippen LogP contribution in [0.25, 0.3) is 5.57 Å². The summed E-state index contributed by atoms with van der Waals surface area (Å²) in [6, 6.07) is 6.06. The van der Waals surface area contributed by atoms with Gasteiger partial charge in [0.25, 0.3) is 11.8 Å². The number of aryl methyl sites for hydroxylation is 2. The lowest BCUT2D eigenvalue weighted by Crippen LogP contribution is -2.40. The van der Waals surface area contributed by atoms with Crippen molar-refractivity contribution in [2.24, 2.45) is 0 Å². The zero-order valence-corrected chi connectivity index (χ0v) is 16.7. The molecule has 0 radical (unpaired) electrons. The van der Waals surface area contributed by atoms with Crippen LogP contribution in [0.3, 0.4) is 0 Å². The van der Waals surface area contributed by atoms with Crippen LogP contribution >= 0.6 is 0 Å². The molecule has 1 aromatic carbocycles. The normalized spacial score (nSPS) is 18.0. The number of hydrogen-bond donors (Lipinski definition) is 0. The largest absolute Gasteiger partial charge is 0.378 e. The van der Waals surface area contributed by atoms with Gasteiger partial charge in [0.2, 0.25) is 0 Å². The minimum Gasteiger partial charge on any atom is -0.378 e. The summed E-state index contributed by atoms with van der Waals surface area (Å²) in [6.45, 7) is 9.16. The van der Waals surface area contributed by atoms with Gasteiger partial charge in [-0.25, -0.2) is 0 Å². The summed E-state index contributed by atoms with van der Waals surface area (Å²) in [6.07, 6.45) is 4.16. The van der Waals surface area contributed by atoms with Crippen molar-refractivity contribution in [2.45, 2.75) is 46.5 Å². The third-order valence-corrected chi connectivity index (χ3v) is 5.36. The second kappa shape index (κ2) is 8.70. The number of hydrogen-bond acceptors (Lipinski definition) is 4. The smallest absolute Gasteiger partial charge is 0.277 e. The molecular formula is C22H30N2O3. The van der Waals surface area contributed by atoms with E-state index in [1.807, 2.05) is 30.9 Å². The average molecular weight is 370 g/mol. The highest BCUT2D eigenvalue weighted by molar-refractivity contribution is 6.35. The molecule has 2 aliphatic rings. The van der Waals surface area contributed by atoms with Crippen molar-refractivity contribution in [2.75, 3.05) is 32.8 Å². The Balaban J connectivity index is 1.95. The van der Waals surface area contributed by atoms with Gasteiger partial charge >= 0.3 is 0 Å². The second-order valence-electron chi connectivity index (χ2n) is 7.46. The number of carbonyl (C=O) groups is 2. The van der Waals surface area contributed by atoms with Crippen LogP contribution in [0, 0.1) is 13.8 Å². The van der Waals surface area contributed by atoms with E-state index in [1.165, 1.54) is 4.90 Å². The van der Waals surface area contributed by atoms with Gasteiger partial charge in [-0.2, -0.15) is 0 Å². The van der Waals surface area contributed by atoms with Gasteiger partial charge in [-0.3, -0.25) is 14.5 Å². The number of rotatable bonds is 7. The van der Waals surface area contributed by atoms with E-state index in [1.54, 1.807) is 0 Å². The Morgan fingerprint density at radius 3 is 2.41 bits per heavy atom. The SMILES string of the molecule is CCCCCCN1C(=O)C(c2ccc(C)cc2C)=C(N2CCOCC2)C1=O. The molecule has 0 aromatic heterocycles. The van der Waals surface area contributed by atoms with Gasteiger partial charge in [-0.1, -0.05) is 49.9 Å². The minimum atomic E-state index is -0.148. The first-order valence-electron chi connectivity index (χ1n) is 10.1. The predicted octanol–water partition coefficient (Wildman–Crippen LogP) is 3.30. The fraction of sp³-hybridized carbons (Fsp3) is 0.545. The number of amides is 2. The average Bonchev–Trinajstić information content (AvgIpc) is 2.90. The van der Waals surface area contributed by atoms with Crippen molar-refractivity contribution in [3.8, 4) is 0 Å². The number of unbranched alkanes of at least 4 members (excludes halogenated alkanes) is 3. The van der Waals surface area contributed by atoms with Gasteiger partial charge in [0.15, 0.2) is 0 Å². The van der Waals surface area contributed by atoms with E-state index in [4.69, 9.17) is 4.74 Å². The fourth-order valence-corrected chi connectivity index (χ4v) is 3.88. The molecule has 0 aliphatic carbocycles. The molecule has 1 fully saturated rings. The molecule has 1 aromatic rings. The van der Waals surface area contributed by atoms with Crippen molar-refractivity contribution in [1.82, 2.24) is 9.80 Å². The molecule has 0 saturated carbocycles. The van der Waals surface area contributed by atoms with Crippen molar-refractivity contribution in [3.63, 3.8) is 0 Å². The molecule has 0 spiro atoms. The molecule has 0 bridgehead atoms. The molecule has 0 atom stereocenters. The molecule has 0 unspecified atom stereocenters. The Labute approximate surface area is 162 Å². The van der Waals surface area contributed by atoms with Crippen LogP contribution in [-0.4, -0.2) is 54.5 Å². The summed E-state index contributed by atoms with van der Waals surface area (Å²) in [5.74, 6) is -0.293. The van der Waals surface area contributed by atoms with E-state index >= 15 is 0 Å². The summed E-state index contributed by atoms with van der Waals surface area (Å²) in [5.41, 5.74) is 4.18. The number of nitrogens with zero attached hydrogens (tertiary/aromatic N) is 2. The second-order valence-corrected chi connectivity index (χ2v) is 7.46. The Morgan fingerprint density at radius 1 is 1.00 bits per heavy atom. The highest BCUT2D eigenvalue weighted by atomic mass is 16.5. The van der Waals surface area contributed by atoms with Crippen LogP contribution in [0.2, 0.25) is 0 Å². The van der Waals surface area contributed by atoms with Crippen LogP contribution in [0.15, 0.2) is 23.9 Å². The van der Waals surface area contributed by atoms with Gasteiger partial charge < -0.3 is 9.64 Å². The monoisotopic (exact) mass is 370 g/mol. The summed E-state index contributed by atoms with van der Waals surface area (Å²) >= 11 is 0. The molecule has 2 heterocycles. The topological polar surface area (TPSA) is 49.9 Å². The standard InChI is InChI=1S/C22H30N2O3/c1-4-5-6-7-10-24-21(25)19(18-9-8-16(2)15-17(18)3)20(22(24)26)23-11-13-27-14-12-23/h8-9,15H,4-7,10-14H2,1-3H3. The molecule has 2 amide bonds. The van der Waals surface area contributed by atoms with Gasteiger partial charge in [-0.15, -0.1) is 0 Å². The zero-order chi connectivity index (χ0) is 19.4. The summed E-state index contributed by atoms with van der Waals surface area (Å²) in [4.78, 5) is 30.0. The van der Waals surface area contributed by atoms with Crippen LogP contribution < -0.4 is 0 Å². The third kappa shape index (κ3) is 4.08. The maximum absolute atomic E-state index is 13.3. The van der Waals surface area contributed by atoms with Gasteiger partial charge in [0, 0.05) is 19.6 Å². The Morgan fingerprint density at radius 2 is 1.74 bits per heavy atom. The third-order valence-electron chi connectivity index (χ3n) is 5.36. The lowest BCUT2D eigenvalue weighted by atomic mass is 9.97. The Kier molecular flexibility index (Phi) is 6.32. The first-order chi connectivity index (χ1) is 13.0. The minimum absolute atomic E-state index is 0.145. The van der Waals surface area contributed by atoms with E-state index in [0.717, 1.165) is 42.4 Å². The molecule has 27 heavy (non-hydrogen) atoms. The Hall–Kier alpha value is -2.14. The summed E-state index contributed by atoms with van der Waals surface area (Å²) < 4.78 is 5.45. The number of carbonyl (C=O) groups excluding carboxylic acids is 2. The number of morpholine rings is 1. The first-order valence-corrected chi connectivity index (χ1v) is 10.1. The first kappa shape index (κ1) is 19.6. The van der Waals surface area contributed by atoms with Crippen LogP contribution in [0.4, 0.5) is 0 Å². The van der Waals surface area contributed by atoms with Crippen molar-refractivity contribution >= 4 is 17.4 Å². The summed E-state index contributed by atoms with van der Waals surface area (Å²) in [7, 11) is 0. The van der Waals surface area contributed by atoms with Crippen LogP contribution in [0.5, 0.6) is 0 Å². The van der Waals surface area contributed by atoms with E-state index in [-0.39, 0.29) is 11.8 Å². The lowest BCUT2D eigenvalue weighted by Gasteiger charge is -2.29. The maximum Gasteiger partial charge on any atom is 0.277 e. The molecule has 5 heteroatoms. The van der Waals surface area contributed by atoms with E-state index in [0.29, 0.717) is 44.1 Å². The molecule has 146 valence electrons. The number of ether oxygens (including phenoxy) is 1. The molecule has 2 aliphatic heterocycles. The van der Waals surface area contributed by atoms with Crippen molar-refractivity contribution in [3.05, 3.63) is 40.6 Å². The molecule has 5 nitrogen and oxygen atoms in total. The van der Waals surface area contributed by atoms with Gasteiger partial charge in [-0.05, 0) is 31.4 Å². The van der Waals surface area contributed by atoms with Gasteiger partial charge in [0.05, 0.1) is 18.8 Å². The number of imide groups is 1. The summed E-state index contributed by atoms with van der Waals surface area (Å²) in [5, 5.41) is 0. The fourth-order valence-electron chi connectivity index (χ4n) is 3.88. The van der Waals surface area contributed by atoms with Crippen LogP contribution in [0.1, 0.15) is 49.3 Å². The van der Waals surface area contributed by atoms with Gasteiger partial charge in [0.1, 0.15) is 5.70 Å². The highest BCUT2D eigenvalue weighted by Gasteiger charge is 2.41. The Bertz CT molecular complexity index is 748. The quantitative estimate of drug-likeness (QED) is 0.546. The van der Waals surface area contributed by atoms with E-state index in [2.05, 4.69) is 13.0 Å². The molecule has 1 saturated heterocycles. The van der Waals surface area contributed by atoms with E-state index in [9.17, 15) is 9.59 Å². The molecule has 3 rings (SSSR count). The maximum atomic E-state index is 13.3. The molecule has 0 N–H and O–H groups in total. The van der Waals surface area contributed by atoms with E-state index < -0.39 is 0 Å². The lowest BCUT2D eigenvalue weighted by molar-refractivity contribution is -0.137.